The van der Waals surface area contributed by atoms with Gasteiger partial charge in [0.25, 0.3) is 0 Å². The predicted octanol–water partition coefficient (Wildman–Crippen LogP) is 3.54. The minimum absolute atomic E-state index is 0.185. The number of hydrogen-bond acceptors (Lipinski definition) is 7. The fraction of sp³-hybridized carbons (Fsp3) is 0.105. The molecule has 0 saturated carbocycles. The lowest BCUT2D eigenvalue weighted by Gasteiger charge is -2.03. The summed E-state index contributed by atoms with van der Waals surface area (Å²) in [6.45, 7) is 2.55. The Morgan fingerprint density at radius 2 is 1.65 bits per heavy atom. The molecule has 0 saturated heterocycles. The maximum absolute atomic E-state index is 12.6. The van der Waals surface area contributed by atoms with E-state index in [0.717, 1.165) is 0 Å². The topological polar surface area (TPSA) is 96.0 Å². The SMILES string of the molecule is CC(=O)Oc1ccc2c(c1)oc(=O)c1c2oc2cccc(OC(C)=O)c21. The molecule has 0 aliphatic rings. The number of carbonyl (C=O) groups is 2. The lowest BCUT2D eigenvalue weighted by atomic mass is 10.1. The molecule has 0 aliphatic heterocycles. The second-order valence-electron chi connectivity index (χ2n) is 5.67. The summed E-state index contributed by atoms with van der Waals surface area (Å²) in [6, 6.07) is 9.55. The molecule has 0 radical (unpaired) electrons. The molecule has 0 aliphatic carbocycles. The molecule has 2 aromatic carbocycles. The Morgan fingerprint density at radius 1 is 0.885 bits per heavy atom. The van der Waals surface area contributed by atoms with Crippen LogP contribution in [0.2, 0.25) is 0 Å². The standard InChI is InChI=1S/C19H12O7/c1-9(20)23-11-6-7-12-15(8-11)26-19(22)17-16-13(24-10(2)21)4-3-5-14(16)25-18(12)17/h3-8H,1-2H3. The molecule has 7 heteroatoms. The van der Waals surface area contributed by atoms with Crippen LogP contribution in [0, 0.1) is 0 Å². The predicted molar refractivity (Wildman–Crippen MR) is 92.4 cm³/mol. The van der Waals surface area contributed by atoms with Crippen LogP contribution in [0.1, 0.15) is 13.8 Å². The summed E-state index contributed by atoms with van der Waals surface area (Å²) in [7, 11) is 0. The number of carbonyl (C=O) groups excluding carboxylic acids is 2. The van der Waals surface area contributed by atoms with Gasteiger partial charge >= 0.3 is 17.6 Å². The van der Waals surface area contributed by atoms with Gasteiger partial charge in [0.15, 0.2) is 5.58 Å². The molecule has 2 heterocycles. The number of furan rings is 1. The largest absolute Gasteiger partial charge is 0.455 e. The summed E-state index contributed by atoms with van der Waals surface area (Å²) in [5.41, 5.74) is 0.267. The maximum atomic E-state index is 12.6. The fourth-order valence-electron chi connectivity index (χ4n) is 2.90. The van der Waals surface area contributed by atoms with Gasteiger partial charge in [-0.05, 0) is 24.3 Å². The Balaban J connectivity index is 2.07. The first-order valence-electron chi connectivity index (χ1n) is 7.73. The van der Waals surface area contributed by atoms with Gasteiger partial charge in [-0.25, -0.2) is 4.79 Å². The van der Waals surface area contributed by atoms with Crippen molar-refractivity contribution < 1.29 is 27.9 Å². The van der Waals surface area contributed by atoms with Crippen LogP contribution in [0.25, 0.3) is 32.9 Å². The molecule has 4 rings (SSSR count). The van der Waals surface area contributed by atoms with Crippen molar-refractivity contribution in [3.63, 3.8) is 0 Å². The van der Waals surface area contributed by atoms with Crippen molar-refractivity contribution in [1.82, 2.24) is 0 Å². The highest BCUT2D eigenvalue weighted by atomic mass is 16.5. The molecule has 0 spiro atoms. The molecule has 26 heavy (non-hydrogen) atoms. The van der Waals surface area contributed by atoms with Crippen LogP contribution in [0.3, 0.4) is 0 Å². The first-order valence-corrected chi connectivity index (χ1v) is 7.73. The van der Waals surface area contributed by atoms with Crippen molar-refractivity contribution in [1.29, 1.82) is 0 Å². The third-order valence-corrected chi connectivity index (χ3v) is 3.80. The van der Waals surface area contributed by atoms with Crippen LogP contribution in [0.4, 0.5) is 0 Å². The van der Waals surface area contributed by atoms with E-state index < -0.39 is 17.6 Å². The summed E-state index contributed by atoms with van der Waals surface area (Å²) >= 11 is 0. The minimum Gasteiger partial charge on any atom is -0.455 e. The Kier molecular flexibility index (Phi) is 3.50. The lowest BCUT2D eigenvalue weighted by molar-refractivity contribution is -0.132. The number of hydrogen-bond donors (Lipinski definition) is 0. The smallest absolute Gasteiger partial charge is 0.348 e. The molecule has 0 bridgehead atoms. The maximum Gasteiger partial charge on any atom is 0.348 e. The molecule has 0 fully saturated rings. The van der Waals surface area contributed by atoms with Crippen LogP contribution < -0.4 is 15.1 Å². The third kappa shape index (κ3) is 2.50. The van der Waals surface area contributed by atoms with Gasteiger partial charge in [0.05, 0.1) is 10.8 Å². The summed E-state index contributed by atoms with van der Waals surface area (Å²) < 4.78 is 21.4. The van der Waals surface area contributed by atoms with E-state index in [-0.39, 0.29) is 22.5 Å². The molecule has 0 N–H and O–H groups in total. The van der Waals surface area contributed by atoms with Gasteiger partial charge in [-0.2, -0.15) is 0 Å². The highest BCUT2D eigenvalue weighted by molar-refractivity contribution is 6.15. The first kappa shape index (κ1) is 15.9. The van der Waals surface area contributed by atoms with Gasteiger partial charge in [-0.3, -0.25) is 9.59 Å². The monoisotopic (exact) mass is 352 g/mol. The van der Waals surface area contributed by atoms with Gasteiger partial charge in [0, 0.05) is 19.9 Å². The van der Waals surface area contributed by atoms with Crippen molar-refractivity contribution in [3.8, 4) is 11.5 Å². The van der Waals surface area contributed by atoms with E-state index in [1.165, 1.54) is 19.9 Å². The molecular weight excluding hydrogens is 340 g/mol. The van der Waals surface area contributed by atoms with Crippen molar-refractivity contribution in [2.24, 2.45) is 0 Å². The van der Waals surface area contributed by atoms with Gasteiger partial charge in [0.2, 0.25) is 0 Å². The van der Waals surface area contributed by atoms with E-state index in [0.29, 0.717) is 21.9 Å². The number of fused-ring (bicyclic) bond motifs is 5. The van der Waals surface area contributed by atoms with Gasteiger partial charge in [-0.1, -0.05) is 6.07 Å². The highest BCUT2D eigenvalue weighted by Crippen LogP contribution is 2.37. The Bertz CT molecular complexity index is 1260. The molecular formula is C19H12O7. The highest BCUT2D eigenvalue weighted by Gasteiger charge is 2.20. The summed E-state index contributed by atoms with van der Waals surface area (Å²) in [6.07, 6.45) is 0. The molecule has 130 valence electrons. The van der Waals surface area contributed by atoms with E-state index in [4.69, 9.17) is 18.3 Å². The van der Waals surface area contributed by atoms with E-state index >= 15 is 0 Å². The Morgan fingerprint density at radius 3 is 2.38 bits per heavy atom. The third-order valence-electron chi connectivity index (χ3n) is 3.80. The van der Waals surface area contributed by atoms with Crippen LogP contribution in [0.15, 0.2) is 50.0 Å². The molecule has 0 unspecified atom stereocenters. The number of rotatable bonds is 2. The van der Waals surface area contributed by atoms with E-state index in [9.17, 15) is 14.4 Å². The summed E-state index contributed by atoms with van der Waals surface area (Å²) in [5.74, 6) is -0.522. The summed E-state index contributed by atoms with van der Waals surface area (Å²) in [5, 5.41) is 1.09. The average molecular weight is 352 g/mol. The van der Waals surface area contributed by atoms with Crippen molar-refractivity contribution >= 4 is 44.8 Å². The molecule has 0 amide bonds. The minimum atomic E-state index is -0.647. The van der Waals surface area contributed by atoms with E-state index in [1.54, 1.807) is 30.3 Å². The number of ether oxygens (including phenoxy) is 2. The van der Waals surface area contributed by atoms with Crippen LogP contribution in [-0.2, 0) is 9.59 Å². The van der Waals surface area contributed by atoms with Gasteiger partial charge < -0.3 is 18.3 Å². The van der Waals surface area contributed by atoms with Crippen LogP contribution in [-0.4, -0.2) is 11.9 Å². The quantitative estimate of drug-likeness (QED) is 0.309. The van der Waals surface area contributed by atoms with Crippen molar-refractivity contribution in [3.05, 3.63) is 46.8 Å². The van der Waals surface area contributed by atoms with E-state index in [2.05, 4.69) is 0 Å². The Hall–Kier alpha value is -3.61. The Labute approximate surface area is 145 Å². The molecule has 0 atom stereocenters. The molecule has 2 aromatic heterocycles. The number of benzene rings is 2. The molecule has 4 aromatic rings. The average Bonchev–Trinajstić information content (AvgIpc) is 2.95. The second-order valence-corrected chi connectivity index (χ2v) is 5.67. The van der Waals surface area contributed by atoms with E-state index in [1.807, 2.05) is 0 Å². The van der Waals surface area contributed by atoms with Crippen molar-refractivity contribution in [2.75, 3.05) is 0 Å². The van der Waals surface area contributed by atoms with Gasteiger partial charge in [-0.15, -0.1) is 0 Å². The van der Waals surface area contributed by atoms with Crippen molar-refractivity contribution in [2.45, 2.75) is 13.8 Å². The zero-order chi connectivity index (χ0) is 18.4. The van der Waals surface area contributed by atoms with Crippen LogP contribution in [0.5, 0.6) is 11.5 Å². The van der Waals surface area contributed by atoms with Gasteiger partial charge in [0.1, 0.15) is 28.1 Å². The van der Waals surface area contributed by atoms with Crippen LogP contribution >= 0.6 is 0 Å². The zero-order valence-corrected chi connectivity index (χ0v) is 13.8. The second kappa shape index (κ2) is 5.73. The number of esters is 2. The first-order chi connectivity index (χ1) is 12.4. The summed E-state index contributed by atoms with van der Waals surface area (Å²) in [4.78, 5) is 35.0. The zero-order valence-electron chi connectivity index (χ0n) is 13.8. The lowest BCUT2D eigenvalue weighted by Crippen LogP contribution is -2.04. The fourth-order valence-corrected chi connectivity index (χ4v) is 2.90. The normalized spacial score (nSPS) is 11.2. The molecule has 7 nitrogen and oxygen atoms in total.